The van der Waals surface area contributed by atoms with E-state index in [-0.39, 0.29) is 11.9 Å². The highest BCUT2D eigenvalue weighted by molar-refractivity contribution is 5.78. The van der Waals surface area contributed by atoms with Crippen LogP contribution in [0.5, 0.6) is 0 Å². The maximum atomic E-state index is 7.67. The van der Waals surface area contributed by atoms with E-state index in [0.717, 1.165) is 48.7 Å². The molecule has 212 valence electrons. The van der Waals surface area contributed by atoms with Gasteiger partial charge in [-0.05, 0) is 40.7 Å². The van der Waals surface area contributed by atoms with Gasteiger partial charge in [0, 0.05) is 37.3 Å². The van der Waals surface area contributed by atoms with Gasteiger partial charge in [0.05, 0.1) is 6.54 Å². The average Bonchev–Trinajstić information content (AvgIpc) is 3.45. The Balaban J connectivity index is 1.29. The molecule has 1 aromatic heterocycles. The Labute approximate surface area is 245 Å². The van der Waals surface area contributed by atoms with E-state index in [1.807, 2.05) is 15.9 Å². The van der Waals surface area contributed by atoms with Crippen molar-refractivity contribution in [2.24, 2.45) is 11.5 Å². The second-order valence-electron chi connectivity index (χ2n) is 10.7. The molecule has 9 heteroatoms. The van der Waals surface area contributed by atoms with Crippen molar-refractivity contribution in [3.05, 3.63) is 108 Å². The first kappa shape index (κ1) is 27.0. The molecule has 42 heavy (non-hydrogen) atoms. The Morgan fingerprint density at radius 2 is 1.05 bits per heavy atom. The fourth-order valence-electron chi connectivity index (χ4n) is 5.61. The van der Waals surface area contributed by atoms with Crippen LogP contribution in [0.15, 0.2) is 91.0 Å². The van der Waals surface area contributed by atoms with E-state index in [9.17, 15) is 0 Å². The summed E-state index contributed by atoms with van der Waals surface area (Å²) in [6, 6.07) is 27.4. The predicted octanol–water partition coefficient (Wildman–Crippen LogP) is 4.63. The number of guanidine groups is 2. The molecule has 0 bridgehead atoms. The molecule has 3 aromatic carbocycles. The predicted molar refractivity (Wildman–Crippen MR) is 169 cm³/mol. The van der Waals surface area contributed by atoms with E-state index < -0.39 is 0 Å². The van der Waals surface area contributed by atoms with Crippen LogP contribution in [-0.2, 0) is 6.54 Å². The Morgan fingerprint density at radius 3 is 1.43 bits per heavy atom. The third kappa shape index (κ3) is 5.67. The third-order valence-corrected chi connectivity index (χ3v) is 8.06. The first-order chi connectivity index (χ1) is 20.5. The van der Waals surface area contributed by atoms with Gasteiger partial charge in [0.2, 0.25) is 0 Å². The highest BCUT2D eigenvalue weighted by Crippen LogP contribution is 2.30. The van der Waals surface area contributed by atoms with Crippen molar-refractivity contribution in [2.45, 2.75) is 19.4 Å². The molecule has 6 N–H and O–H groups in total. The minimum absolute atomic E-state index is 0.121. The zero-order valence-corrected chi connectivity index (χ0v) is 23.5. The smallest absolute Gasteiger partial charge is 0.188 e. The van der Waals surface area contributed by atoms with Crippen LogP contribution in [0.25, 0.3) is 33.9 Å². The van der Waals surface area contributed by atoms with Crippen molar-refractivity contribution >= 4 is 23.1 Å². The Morgan fingerprint density at radius 1 is 0.619 bits per heavy atom. The van der Waals surface area contributed by atoms with E-state index in [2.05, 4.69) is 99.7 Å². The van der Waals surface area contributed by atoms with Gasteiger partial charge in [-0.15, -0.1) is 10.2 Å². The van der Waals surface area contributed by atoms with Crippen LogP contribution in [0, 0.1) is 10.8 Å². The lowest BCUT2D eigenvalue weighted by Gasteiger charge is -2.26. The number of benzene rings is 3. The molecule has 9 nitrogen and oxygen atoms in total. The van der Waals surface area contributed by atoms with E-state index in [4.69, 9.17) is 22.3 Å². The highest BCUT2D eigenvalue weighted by atomic mass is 15.3. The summed E-state index contributed by atoms with van der Waals surface area (Å²) >= 11 is 0. The van der Waals surface area contributed by atoms with Crippen LogP contribution in [0.4, 0.5) is 0 Å². The molecule has 0 amide bonds. The summed E-state index contributed by atoms with van der Waals surface area (Å²) < 4.78 is 2.19. The SMILES string of the molecule is N=C(N)N1CC=C(c2ccc(-c3nnc(-c4ccc(C5=CCN(C(=N)N)CC5)cc4)n3Cc3ccccc3)cc2)CC1. The van der Waals surface area contributed by atoms with Crippen molar-refractivity contribution in [1.82, 2.24) is 24.6 Å². The van der Waals surface area contributed by atoms with Crippen molar-refractivity contribution in [1.29, 1.82) is 10.8 Å². The van der Waals surface area contributed by atoms with E-state index in [0.29, 0.717) is 19.6 Å². The summed E-state index contributed by atoms with van der Waals surface area (Å²) in [5.74, 6) is 1.89. The number of nitrogens with two attached hydrogens (primary N) is 2. The normalized spacial score (nSPS) is 15.2. The van der Waals surface area contributed by atoms with Gasteiger partial charge in [-0.3, -0.25) is 10.8 Å². The maximum absolute atomic E-state index is 7.67. The second-order valence-corrected chi connectivity index (χ2v) is 10.7. The molecule has 2 aliphatic heterocycles. The zero-order valence-electron chi connectivity index (χ0n) is 23.5. The van der Waals surface area contributed by atoms with Gasteiger partial charge >= 0.3 is 0 Å². The fourth-order valence-corrected chi connectivity index (χ4v) is 5.61. The Hall–Kier alpha value is -5.18. The van der Waals surface area contributed by atoms with Gasteiger partial charge in [-0.2, -0.15) is 0 Å². The monoisotopic (exact) mass is 557 g/mol. The number of nitrogens with zero attached hydrogens (tertiary/aromatic N) is 5. The third-order valence-electron chi connectivity index (χ3n) is 8.06. The van der Waals surface area contributed by atoms with Crippen molar-refractivity contribution < 1.29 is 0 Å². The van der Waals surface area contributed by atoms with Gasteiger partial charge in [0.15, 0.2) is 23.6 Å². The zero-order chi connectivity index (χ0) is 29.1. The average molecular weight is 558 g/mol. The summed E-state index contributed by atoms with van der Waals surface area (Å²) in [6.45, 7) is 3.48. The first-order valence-corrected chi connectivity index (χ1v) is 14.2. The molecule has 0 aliphatic carbocycles. The Bertz CT molecular complexity index is 1550. The molecule has 4 aromatic rings. The molecule has 6 rings (SSSR count). The van der Waals surface area contributed by atoms with Crippen LogP contribution in [0.2, 0.25) is 0 Å². The van der Waals surface area contributed by atoms with Gasteiger partial charge in [0.25, 0.3) is 0 Å². The van der Waals surface area contributed by atoms with Crippen molar-refractivity contribution in [3.8, 4) is 22.8 Å². The van der Waals surface area contributed by atoms with Crippen molar-refractivity contribution in [3.63, 3.8) is 0 Å². The summed E-state index contributed by atoms with van der Waals surface area (Å²) in [4.78, 5) is 3.73. The lowest BCUT2D eigenvalue weighted by atomic mass is 9.98. The van der Waals surface area contributed by atoms with E-state index in [1.165, 1.54) is 27.8 Å². The standard InChI is InChI=1S/C33H35N9/c34-32(35)40-18-14-26(15-19-40)24-6-10-28(11-7-24)30-38-39-31(42(30)22-23-4-2-1-3-5-23)29-12-8-25(9-13-29)27-16-20-41(21-17-27)33(36)37/h1-14,16H,15,17-22H2,(H3,34,35)(H3,36,37). The van der Waals surface area contributed by atoms with E-state index in [1.54, 1.807) is 0 Å². The largest absolute Gasteiger partial charge is 0.370 e. The van der Waals surface area contributed by atoms with Crippen molar-refractivity contribution in [2.75, 3.05) is 26.2 Å². The molecule has 0 saturated carbocycles. The molecule has 0 spiro atoms. The van der Waals surface area contributed by atoms with Crippen LogP contribution >= 0.6 is 0 Å². The Kier molecular flexibility index (Phi) is 7.55. The molecule has 0 saturated heterocycles. The minimum atomic E-state index is 0.121. The second kappa shape index (κ2) is 11.7. The lowest BCUT2D eigenvalue weighted by molar-refractivity contribution is 0.451. The summed E-state index contributed by atoms with van der Waals surface area (Å²) in [7, 11) is 0. The number of hydrogen-bond acceptors (Lipinski definition) is 4. The number of nitrogens with one attached hydrogen (secondary N) is 2. The van der Waals surface area contributed by atoms with Crippen LogP contribution in [0.1, 0.15) is 29.5 Å². The van der Waals surface area contributed by atoms with E-state index >= 15 is 0 Å². The number of aromatic nitrogens is 3. The topological polar surface area (TPSA) is 137 Å². The van der Waals surface area contributed by atoms with Gasteiger partial charge in [-0.25, -0.2) is 0 Å². The van der Waals surface area contributed by atoms with Crippen LogP contribution in [-0.4, -0.2) is 62.7 Å². The molecule has 0 unspecified atom stereocenters. The summed E-state index contributed by atoms with van der Waals surface area (Å²) in [5.41, 5.74) is 19.4. The highest BCUT2D eigenvalue weighted by Gasteiger charge is 2.19. The first-order valence-electron chi connectivity index (χ1n) is 14.2. The van der Waals surface area contributed by atoms with Crippen LogP contribution < -0.4 is 11.5 Å². The molecule has 0 radical (unpaired) electrons. The summed E-state index contributed by atoms with van der Waals surface area (Å²) in [5, 5.41) is 24.7. The number of hydrogen-bond donors (Lipinski definition) is 4. The number of rotatable bonds is 6. The van der Waals surface area contributed by atoms with Gasteiger partial charge in [0.1, 0.15) is 0 Å². The van der Waals surface area contributed by atoms with Crippen LogP contribution in [0.3, 0.4) is 0 Å². The molecular weight excluding hydrogens is 522 g/mol. The lowest BCUT2D eigenvalue weighted by Crippen LogP contribution is -2.39. The molecule has 2 aliphatic rings. The fraction of sp³-hybridized carbons (Fsp3) is 0.212. The van der Waals surface area contributed by atoms with Gasteiger partial charge < -0.3 is 25.8 Å². The molecular formula is C33H35N9. The minimum Gasteiger partial charge on any atom is -0.370 e. The summed E-state index contributed by atoms with van der Waals surface area (Å²) in [6.07, 6.45) is 6.02. The molecule has 0 atom stereocenters. The molecule has 0 fully saturated rings. The maximum Gasteiger partial charge on any atom is 0.188 e. The van der Waals surface area contributed by atoms with Gasteiger partial charge in [-0.1, -0.05) is 91.0 Å². The quantitative estimate of drug-likeness (QED) is 0.202. The molecule has 3 heterocycles.